The molecule has 1 aliphatic heterocycles. The Bertz CT molecular complexity index is 225. The van der Waals surface area contributed by atoms with Gasteiger partial charge >= 0.3 is 0 Å². The molecule has 1 saturated heterocycles. The molecule has 0 amide bonds. The number of methoxy groups -OCH3 is 1. The molecule has 1 heterocycles. The first kappa shape index (κ1) is 15.9. The van der Waals surface area contributed by atoms with E-state index in [4.69, 9.17) is 10.5 Å². The average molecular weight is 257 g/mol. The van der Waals surface area contributed by atoms with E-state index in [0.29, 0.717) is 0 Å². The quantitative estimate of drug-likeness (QED) is 0.743. The summed E-state index contributed by atoms with van der Waals surface area (Å²) in [6, 6.07) is 0. The number of ether oxygens (including phenoxy) is 1. The monoisotopic (exact) mass is 257 g/mol. The van der Waals surface area contributed by atoms with Crippen LogP contribution in [0.2, 0.25) is 0 Å². The molecule has 0 aromatic heterocycles. The van der Waals surface area contributed by atoms with Crippen molar-refractivity contribution in [3.05, 3.63) is 0 Å². The molecule has 0 aromatic carbocycles. The molecule has 0 saturated carbocycles. The van der Waals surface area contributed by atoms with E-state index in [0.717, 1.165) is 19.7 Å². The third-order valence-corrected chi connectivity index (χ3v) is 4.37. The van der Waals surface area contributed by atoms with Gasteiger partial charge in [0.1, 0.15) is 0 Å². The second-order valence-corrected chi connectivity index (χ2v) is 5.54. The zero-order valence-corrected chi connectivity index (χ0v) is 12.5. The number of hydrogen-bond donors (Lipinski definition) is 1. The van der Waals surface area contributed by atoms with E-state index in [2.05, 4.69) is 23.8 Å². The van der Waals surface area contributed by atoms with Crippen molar-refractivity contribution in [2.75, 3.05) is 53.5 Å². The minimum Gasteiger partial charge on any atom is -0.383 e. The van der Waals surface area contributed by atoms with Crippen molar-refractivity contribution in [3.8, 4) is 0 Å². The summed E-state index contributed by atoms with van der Waals surface area (Å²) in [4.78, 5) is 5.01. The number of likely N-dealkylation sites (tertiary alicyclic amines) is 1. The van der Waals surface area contributed by atoms with Crippen molar-refractivity contribution >= 4 is 0 Å². The maximum Gasteiger partial charge on any atom is 0.0589 e. The van der Waals surface area contributed by atoms with Crippen molar-refractivity contribution in [2.45, 2.75) is 38.1 Å². The van der Waals surface area contributed by atoms with Gasteiger partial charge in [-0.25, -0.2) is 0 Å². The Balaban J connectivity index is 2.58. The van der Waals surface area contributed by atoms with E-state index in [1.807, 2.05) is 0 Å². The molecule has 4 nitrogen and oxygen atoms in total. The van der Waals surface area contributed by atoms with E-state index in [-0.39, 0.29) is 5.54 Å². The second-order valence-electron chi connectivity index (χ2n) is 5.54. The molecule has 0 spiro atoms. The first-order valence-corrected chi connectivity index (χ1v) is 7.31. The number of hydrogen-bond acceptors (Lipinski definition) is 4. The van der Waals surface area contributed by atoms with Crippen LogP contribution in [0.3, 0.4) is 0 Å². The Morgan fingerprint density at radius 2 is 2.11 bits per heavy atom. The van der Waals surface area contributed by atoms with Gasteiger partial charge in [0.05, 0.1) is 6.61 Å². The van der Waals surface area contributed by atoms with Gasteiger partial charge in [0.15, 0.2) is 0 Å². The number of rotatable bonds is 7. The van der Waals surface area contributed by atoms with Crippen LogP contribution in [0.1, 0.15) is 32.6 Å². The molecule has 108 valence electrons. The van der Waals surface area contributed by atoms with Crippen LogP contribution in [0, 0.1) is 0 Å². The molecule has 1 unspecified atom stereocenters. The SMILES string of the molecule is CCCN1CCCC(CN)(N(C)CCOC)CC1. The molecule has 0 radical (unpaired) electrons. The molecule has 0 aliphatic carbocycles. The molecule has 1 aliphatic rings. The van der Waals surface area contributed by atoms with Gasteiger partial charge in [-0.2, -0.15) is 0 Å². The summed E-state index contributed by atoms with van der Waals surface area (Å²) in [7, 11) is 3.96. The minimum atomic E-state index is 0.182. The normalized spacial score (nSPS) is 26.5. The van der Waals surface area contributed by atoms with E-state index in [1.165, 1.54) is 45.3 Å². The highest BCUT2D eigenvalue weighted by molar-refractivity contribution is 4.93. The zero-order chi connectivity index (χ0) is 13.4. The molecule has 1 fully saturated rings. The first-order chi connectivity index (χ1) is 8.68. The Labute approximate surface area is 112 Å². The van der Waals surface area contributed by atoms with Gasteiger partial charge in [0.25, 0.3) is 0 Å². The van der Waals surface area contributed by atoms with Gasteiger partial charge in [-0.05, 0) is 52.4 Å². The molecular formula is C14H31N3O. The standard InChI is InChI=1S/C14H31N3O/c1-4-8-17-9-5-6-14(13-15,7-10-17)16(2)11-12-18-3/h4-13,15H2,1-3H3. The lowest BCUT2D eigenvalue weighted by Crippen LogP contribution is -2.53. The van der Waals surface area contributed by atoms with Crippen molar-refractivity contribution in [3.63, 3.8) is 0 Å². The Kier molecular flexibility index (Phi) is 7.15. The number of likely N-dealkylation sites (N-methyl/N-ethyl adjacent to an activating group) is 1. The fourth-order valence-electron chi connectivity index (χ4n) is 2.98. The topological polar surface area (TPSA) is 41.7 Å². The molecule has 1 rings (SSSR count). The third-order valence-electron chi connectivity index (χ3n) is 4.37. The highest BCUT2D eigenvalue weighted by atomic mass is 16.5. The summed E-state index contributed by atoms with van der Waals surface area (Å²) in [5.41, 5.74) is 6.28. The summed E-state index contributed by atoms with van der Waals surface area (Å²) < 4.78 is 5.19. The van der Waals surface area contributed by atoms with Crippen LogP contribution in [-0.4, -0.2) is 68.8 Å². The van der Waals surface area contributed by atoms with Crippen molar-refractivity contribution < 1.29 is 4.74 Å². The number of nitrogens with two attached hydrogens (primary N) is 1. The second kappa shape index (κ2) is 8.10. The van der Waals surface area contributed by atoms with Crippen molar-refractivity contribution in [1.29, 1.82) is 0 Å². The van der Waals surface area contributed by atoms with E-state index in [1.54, 1.807) is 7.11 Å². The van der Waals surface area contributed by atoms with Crippen LogP contribution in [0.15, 0.2) is 0 Å². The van der Waals surface area contributed by atoms with Crippen molar-refractivity contribution in [1.82, 2.24) is 9.80 Å². The summed E-state index contributed by atoms with van der Waals surface area (Å²) >= 11 is 0. The maximum atomic E-state index is 6.10. The highest BCUT2D eigenvalue weighted by Gasteiger charge is 2.34. The largest absolute Gasteiger partial charge is 0.383 e. The van der Waals surface area contributed by atoms with Crippen LogP contribution in [0.5, 0.6) is 0 Å². The summed E-state index contributed by atoms with van der Waals surface area (Å²) in [5.74, 6) is 0. The predicted octanol–water partition coefficient (Wildman–Crippen LogP) is 1.16. The molecule has 18 heavy (non-hydrogen) atoms. The molecule has 0 bridgehead atoms. The zero-order valence-electron chi connectivity index (χ0n) is 12.5. The maximum absolute atomic E-state index is 6.10. The summed E-state index contributed by atoms with van der Waals surface area (Å²) in [5, 5.41) is 0. The first-order valence-electron chi connectivity index (χ1n) is 7.31. The van der Waals surface area contributed by atoms with Gasteiger partial charge in [0.2, 0.25) is 0 Å². The lowest BCUT2D eigenvalue weighted by Gasteiger charge is -2.40. The van der Waals surface area contributed by atoms with Crippen molar-refractivity contribution in [2.24, 2.45) is 5.73 Å². The Morgan fingerprint density at radius 3 is 2.72 bits per heavy atom. The third kappa shape index (κ3) is 4.19. The van der Waals surface area contributed by atoms with Crippen LogP contribution in [-0.2, 0) is 4.74 Å². The van der Waals surface area contributed by atoms with E-state index in [9.17, 15) is 0 Å². The van der Waals surface area contributed by atoms with Crippen LogP contribution < -0.4 is 5.73 Å². The molecule has 0 aromatic rings. The van der Waals surface area contributed by atoms with Gasteiger partial charge in [0, 0.05) is 25.7 Å². The predicted molar refractivity (Wildman–Crippen MR) is 76.9 cm³/mol. The fourth-order valence-corrected chi connectivity index (χ4v) is 2.98. The van der Waals surface area contributed by atoms with E-state index >= 15 is 0 Å². The van der Waals surface area contributed by atoms with Gasteiger partial charge < -0.3 is 15.4 Å². The molecule has 2 N–H and O–H groups in total. The number of nitrogens with zero attached hydrogens (tertiary/aromatic N) is 2. The lowest BCUT2D eigenvalue weighted by molar-refractivity contribution is 0.0717. The minimum absolute atomic E-state index is 0.182. The average Bonchev–Trinajstić information content (AvgIpc) is 2.60. The Hall–Kier alpha value is -0.160. The van der Waals surface area contributed by atoms with Gasteiger partial charge in [-0.1, -0.05) is 6.92 Å². The smallest absolute Gasteiger partial charge is 0.0589 e. The van der Waals surface area contributed by atoms with Crippen LogP contribution in [0.25, 0.3) is 0 Å². The highest BCUT2D eigenvalue weighted by Crippen LogP contribution is 2.27. The van der Waals surface area contributed by atoms with E-state index < -0.39 is 0 Å². The summed E-state index contributed by atoms with van der Waals surface area (Å²) in [6.07, 6.45) is 4.90. The van der Waals surface area contributed by atoms with Gasteiger partial charge in [-0.3, -0.25) is 4.90 Å². The summed E-state index contributed by atoms with van der Waals surface area (Å²) in [6.45, 7) is 8.41. The molecule has 1 atom stereocenters. The lowest BCUT2D eigenvalue weighted by atomic mass is 9.89. The van der Waals surface area contributed by atoms with Gasteiger partial charge in [-0.15, -0.1) is 0 Å². The fraction of sp³-hybridized carbons (Fsp3) is 1.00. The Morgan fingerprint density at radius 1 is 1.33 bits per heavy atom. The molecule has 4 heteroatoms. The van der Waals surface area contributed by atoms with Crippen LogP contribution in [0.4, 0.5) is 0 Å². The molecular weight excluding hydrogens is 226 g/mol. The van der Waals surface area contributed by atoms with Crippen LogP contribution >= 0.6 is 0 Å².